The first-order valence-electron chi connectivity index (χ1n) is 9.17. The number of ether oxygens (including phenoxy) is 4. The number of benzene rings is 3. The van der Waals surface area contributed by atoms with Gasteiger partial charge in [-0.2, -0.15) is 0 Å². The molecule has 0 aliphatic carbocycles. The molecule has 0 atom stereocenters. The van der Waals surface area contributed by atoms with Gasteiger partial charge in [-0.1, -0.05) is 6.07 Å². The van der Waals surface area contributed by atoms with Gasteiger partial charge in [-0.3, -0.25) is 0 Å². The van der Waals surface area contributed by atoms with Crippen LogP contribution in [0.2, 0.25) is 0 Å². The van der Waals surface area contributed by atoms with Gasteiger partial charge in [-0.05, 0) is 42.0 Å². The van der Waals surface area contributed by atoms with E-state index in [1.807, 2.05) is 30.3 Å². The highest BCUT2D eigenvalue weighted by Gasteiger charge is 2.19. The third-order valence-electron chi connectivity index (χ3n) is 4.84. The fourth-order valence-electron chi connectivity index (χ4n) is 3.36. The van der Waals surface area contributed by atoms with E-state index in [0.29, 0.717) is 45.6 Å². The second-order valence-corrected chi connectivity index (χ2v) is 6.47. The topological polar surface area (TPSA) is 83.2 Å². The van der Waals surface area contributed by atoms with Gasteiger partial charge in [0.15, 0.2) is 17.1 Å². The van der Waals surface area contributed by atoms with Gasteiger partial charge in [-0.25, -0.2) is 4.98 Å². The van der Waals surface area contributed by atoms with Gasteiger partial charge < -0.3 is 28.5 Å². The van der Waals surface area contributed by atoms with Gasteiger partial charge in [0, 0.05) is 11.6 Å². The van der Waals surface area contributed by atoms with Crippen molar-refractivity contribution in [2.45, 2.75) is 0 Å². The summed E-state index contributed by atoms with van der Waals surface area (Å²) in [6.07, 6.45) is 0. The van der Waals surface area contributed by atoms with Crippen molar-refractivity contribution < 1.29 is 28.5 Å². The molecule has 0 saturated carbocycles. The van der Waals surface area contributed by atoms with E-state index < -0.39 is 0 Å². The molecule has 7 nitrogen and oxygen atoms in total. The Kier molecular flexibility index (Phi) is 5.10. The van der Waals surface area contributed by atoms with Gasteiger partial charge in [0.25, 0.3) is 0 Å². The minimum Gasteiger partial charge on any atom is -0.507 e. The second-order valence-electron chi connectivity index (χ2n) is 6.47. The smallest absolute Gasteiger partial charge is 0.231 e. The van der Waals surface area contributed by atoms with Gasteiger partial charge >= 0.3 is 0 Å². The molecule has 1 aromatic heterocycles. The number of nitrogens with zero attached hydrogens (tertiary/aromatic N) is 1. The van der Waals surface area contributed by atoms with Crippen molar-refractivity contribution >= 4 is 11.1 Å². The molecule has 0 amide bonds. The number of methoxy groups -OCH3 is 4. The first-order valence-corrected chi connectivity index (χ1v) is 9.17. The van der Waals surface area contributed by atoms with E-state index in [0.717, 1.165) is 11.1 Å². The minimum absolute atomic E-state index is 0.0303. The summed E-state index contributed by atoms with van der Waals surface area (Å²) in [5.41, 5.74) is 3.42. The highest BCUT2D eigenvalue weighted by molar-refractivity contribution is 5.85. The van der Waals surface area contributed by atoms with E-state index in [4.69, 9.17) is 23.4 Å². The molecular weight excluding hydrogens is 386 g/mol. The molecule has 0 bridgehead atoms. The summed E-state index contributed by atoms with van der Waals surface area (Å²) < 4.78 is 27.5. The fourth-order valence-corrected chi connectivity index (χ4v) is 3.36. The van der Waals surface area contributed by atoms with Crippen LogP contribution in [0.15, 0.2) is 52.9 Å². The zero-order chi connectivity index (χ0) is 21.3. The SMILES string of the molecule is COc1ccc(-c2nc3ccc(-c4ccc(OC)c(OC)c4OC)cc3o2)c(O)c1. The highest BCUT2D eigenvalue weighted by Crippen LogP contribution is 2.45. The van der Waals surface area contributed by atoms with Crippen molar-refractivity contribution in [3.63, 3.8) is 0 Å². The Morgan fingerprint density at radius 2 is 1.53 bits per heavy atom. The molecule has 4 rings (SSSR count). The van der Waals surface area contributed by atoms with Crippen LogP contribution < -0.4 is 18.9 Å². The Balaban J connectivity index is 1.80. The lowest BCUT2D eigenvalue weighted by atomic mass is 10.0. The highest BCUT2D eigenvalue weighted by atomic mass is 16.5. The predicted molar refractivity (Wildman–Crippen MR) is 113 cm³/mol. The molecule has 1 N–H and O–H groups in total. The molecule has 154 valence electrons. The summed E-state index contributed by atoms with van der Waals surface area (Å²) in [5, 5.41) is 10.3. The third-order valence-corrected chi connectivity index (χ3v) is 4.84. The number of aromatic nitrogens is 1. The molecule has 0 fully saturated rings. The number of hydrogen-bond donors (Lipinski definition) is 1. The quantitative estimate of drug-likeness (QED) is 0.487. The summed E-state index contributed by atoms with van der Waals surface area (Å²) in [5.74, 6) is 2.55. The van der Waals surface area contributed by atoms with Crippen LogP contribution in [0, 0.1) is 0 Å². The Morgan fingerprint density at radius 3 is 2.20 bits per heavy atom. The minimum atomic E-state index is 0.0303. The number of phenolic OH excluding ortho intramolecular Hbond substituents is 1. The summed E-state index contributed by atoms with van der Waals surface area (Å²) in [7, 11) is 6.27. The monoisotopic (exact) mass is 407 g/mol. The molecule has 30 heavy (non-hydrogen) atoms. The number of aromatic hydroxyl groups is 1. The second kappa shape index (κ2) is 7.87. The molecule has 4 aromatic rings. The van der Waals surface area contributed by atoms with Crippen molar-refractivity contribution in [1.29, 1.82) is 0 Å². The van der Waals surface area contributed by atoms with Gasteiger partial charge in [0.1, 0.15) is 17.0 Å². The average molecular weight is 407 g/mol. The molecule has 0 radical (unpaired) electrons. The van der Waals surface area contributed by atoms with Crippen molar-refractivity contribution in [2.75, 3.05) is 28.4 Å². The van der Waals surface area contributed by atoms with Crippen LogP contribution in [0.5, 0.6) is 28.7 Å². The zero-order valence-corrected chi connectivity index (χ0v) is 17.1. The van der Waals surface area contributed by atoms with E-state index in [1.54, 1.807) is 33.5 Å². The summed E-state index contributed by atoms with van der Waals surface area (Å²) in [6.45, 7) is 0. The molecule has 3 aromatic carbocycles. The van der Waals surface area contributed by atoms with E-state index in [1.165, 1.54) is 13.2 Å². The Bertz CT molecular complexity index is 1210. The van der Waals surface area contributed by atoms with Crippen LogP contribution in [-0.4, -0.2) is 38.5 Å². The standard InChI is InChI=1S/C23H21NO6/c1-26-14-6-7-16(18(25)12-14)23-24-17-9-5-13(11-20(17)30-23)15-8-10-19(27-2)22(29-4)21(15)28-3/h5-12,25H,1-4H3. The predicted octanol–water partition coefficient (Wildman–Crippen LogP) is 4.90. The van der Waals surface area contributed by atoms with E-state index in [9.17, 15) is 5.11 Å². The van der Waals surface area contributed by atoms with Gasteiger partial charge in [0.2, 0.25) is 11.6 Å². The Labute approximate surface area is 173 Å². The van der Waals surface area contributed by atoms with Gasteiger partial charge in [-0.15, -0.1) is 0 Å². The van der Waals surface area contributed by atoms with Crippen molar-refractivity contribution in [3.05, 3.63) is 48.5 Å². The lowest BCUT2D eigenvalue weighted by Crippen LogP contribution is -1.96. The number of hydrogen-bond acceptors (Lipinski definition) is 7. The Hall–Kier alpha value is -3.87. The van der Waals surface area contributed by atoms with Crippen LogP contribution in [0.25, 0.3) is 33.7 Å². The van der Waals surface area contributed by atoms with Gasteiger partial charge in [0.05, 0.1) is 34.0 Å². The number of rotatable bonds is 6. The van der Waals surface area contributed by atoms with Crippen LogP contribution >= 0.6 is 0 Å². The number of phenols is 1. The summed E-state index contributed by atoms with van der Waals surface area (Å²) in [4.78, 5) is 4.49. The number of fused-ring (bicyclic) bond motifs is 1. The maximum atomic E-state index is 10.3. The average Bonchev–Trinajstić information content (AvgIpc) is 3.20. The van der Waals surface area contributed by atoms with E-state index >= 15 is 0 Å². The fraction of sp³-hybridized carbons (Fsp3) is 0.174. The molecule has 0 aliphatic heterocycles. The van der Waals surface area contributed by atoms with Crippen LogP contribution in [-0.2, 0) is 0 Å². The first-order chi connectivity index (χ1) is 14.6. The zero-order valence-electron chi connectivity index (χ0n) is 17.1. The molecule has 0 aliphatic rings. The molecule has 7 heteroatoms. The molecular formula is C23H21NO6. The molecule has 0 spiro atoms. The van der Waals surface area contributed by atoms with E-state index in [2.05, 4.69) is 4.98 Å². The van der Waals surface area contributed by atoms with Crippen LogP contribution in [0.1, 0.15) is 0 Å². The molecule has 0 saturated heterocycles. The largest absolute Gasteiger partial charge is 0.507 e. The Morgan fingerprint density at radius 1 is 0.767 bits per heavy atom. The third kappa shape index (κ3) is 3.24. The van der Waals surface area contributed by atoms with Crippen molar-refractivity contribution in [2.24, 2.45) is 0 Å². The molecule has 1 heterocycles. The lowest BCUT2D eigenvalue weighted by molar-refractivity contribution is 0.325. The van der Waals surface area contributed by atoms with Crippen LogP contribution in [0.4, 0.5) is 0 Å². The van der Waals surface area contributed by atoms with E-state index in [-0.39, 0.29) is 5.75 Å². The summed E-state index contributed by atoms with van der Waals surface area (Å²) >= 11 is 0. The lowest BCUT2D eigenvalue weighted by Gasteiger charge is -2.15. The maximum absolute atomic E-state index is 10.3. The first kappa shape index (κ1) is 19.4. The normalized spacial score (nSPS) is 10.8. The van der Waals surface area contributed by atoms with Crippen molar-refractivity contribution in [1.82, 2.24) is 4.98 Å². The van der Waals surface area contributed by atoms with Crippen molar-refractivity contribution in [3.8, 4) is 51.3 Å². The maximum Gasteiger partial charge on any atom is 0.231 e. The van der Waals surface area contributed by atoms with Crippen LogP contribution in [0.3, 0.4) is 0 Å². The number of oxazole rings is 1. The molecule has 0 unspecified atom stereocenters. The summed E-state index contributed by atoms with van der Waals surface area (Å²) in [6, 6.07) is 14.3.